The van der Waals surface area contributed by atoms with Gasteiger partial charge in [-0.3, -0.25) is 4.79 Å². The van der Waals surface area contributed by atoms with Gasteiger partial charge in [0, 0.05) is 6.42 Å². The molecule has 1 fully saturated rings. The van der Waals surface area contributed by atoms with Crippen molar-refractivity contribution in [1.82, 2.24) is 5.32 Å². The average Bonchev–Trinajstić information content (AvgIpc) is 3.07. The molecule has 2 rings (SSSR count). The Bertz CT molecular complexity index is 426. The highest BCUT2D eigenvalue weighted by Crippen LogP contribution is 2.35. The second kappa shape index (κ2) is 9.62. The molecule has 1 aromatic carbocycles. The van der Waals surface area contributed by atoms with Crippen LogP contribution in [0.1, 0.15) is 69.4 Å². The van der Waals surface area contributed by atoms with Gasteiger partial charge in [-0.2, -0.15) is 0 Å². The van der Waals surface area contributed by atoms with E-state index in [1.54, 1.807) is 0 Å². The molecule has 3 N–H and O–H groups in total. The fourth-order valence-corrected chi connectivity index (χ4v) is 3.45. The quantitative estimate of drug-likeness (QED) is 0.679. The monoisotopic (exact) mass is 302 g/mol. The fourth-order valence-electron chi connectivity index (χ4n) is 3.45. The van der Waals surface area contributed by atoms with Gasteiger partial charge in [0.15, 0.2) is 0 Å². The molecule has 0 spiro atoms. The van der Waals surface area contributed by atoms with Gasteiger partial charge in [-0.25, -0.2) is 0 Å². The summed E-state index contributed by atoms with van der Waals surface area (Å²) in [6.45, 7) is 0.754. The topological polar surface area (TPSA) is 55.1 Å². The molecule has 22 heavy (non-hydrogen) atoms. The van der Waals surface area contributed by atoms with E-state index in [1.165, 1.54) is 31.2 Å². The van der Waals surface area contributed by atoms with Gasteiger partial charge in [-0.05, 0) is 43.7 Å². The first-order valence-corrected chi connectivity index (χ1v) is 8.85. The Labute approximate surface area is 134 Å². The normalized spacial score (nSPS) is 16.6. The number of nitrogens with two attached hydrogens (primary N) is 1. The van der Waals surface area contributed by atoms with E-state index in [4.69, 9.17) is 5.73 Å². The summed E-state index contributed by atoms with van der Waals surface area (Å²) in [6.07, 6.45) is 9.96. The van der Waals surface area contributed by atoms with Crippen molar-refractivity contribution in [2.45, 2.75) is 63.8 Å². The second-order valence-corrected chi connectivity index (χ2v) is 6.45. The number of nitrogens with one attached hydrogen (secondary N) is 1. The summed E-state index contributed by atoms with van der Waals surface area (Å²) in [4.78, 5) is 12.3. The Morgan fingerprint density at radius 2 is 1.77 bits per heavy atom. The van der Waals surface area contributed by atoms with E-state index in [-0.39, 0.29) is 11.9 Å². The first kappa shape index (κ1) is 17.0. The van der Waals surface area contributed by atoms with Gasteiger partial charge < -0.3 is 11.1 Å². The van der Waals surface area contributed by atoms with Gasteiger partial charge in [0.1, 0.15) is 0 Å². The minimum Gasteiger partial charge on any atom is -0.349 e. The Balaban J connectivity index is 1.85. The van der Waals surface area contributed by atoms with Crippen LogP contribution in [0.25, 0.3) is 0 Å². The van der Waals surface area contributed by atoms with Crippen molar-refractivity contribution in [3.05, 3.63) is 35.9 Å². The summed E-state index contributed by atoms with van der Waals surface area (Å²) in [7, 11) is 0. The van der Waals surface area contributed by atoms with Crippen molar-refractivity contribution in [2.75, 3.05) is 6.54 Å². The predicted octanol–water partition coefficient (Wildman–Crippen LogP) is 3.94. The van der Waals surface area contributed by atoms with Crippen LogP contribution in [-0.2, 0) is 4.79 Å². The van der Waals surface area contributed by atoms with Crippen molar-refractivity contribution in [3.63, 3.8) is 0 Å². The summed E-state index contributed by atoms with van der Waals surface area (Å²) in [6, 6.07) is 10.6. The molecule has 1 unspecified atom stereocenters. The van der Waals surface area contributed by atoms with E-state index in [2.05, 4.69) is 29.6 Å². The SMILES string of the molecule is NCCCCCCC(=O)NC(c1ccccc1)C1CCCC1. The van der Waals surface area contributed by atoms with Crippen molar-refractivity contribution >= 4 is 5.91 Å². The molecule has 1 amide bonds. The molecule has 0 saturated heterocycles. The molecule has 0 radical (unpaired) electrons. The standard InChI is InChI=1S/C19H30N2O/c20-15-9-2-1-6-14-18(22)21-19(17-12-7-8-13-17)16-10-4-3-5-11-16/h3-5,10-11,17,19H,1-2,6-9,12-15,20H2,(H,21,22). The Hall–Kier alpha value is -1.35. The van der Waals surface area contributed by atoms with Crippen LogP contribution in [0.4, 0.5) is 0 Å². The Morgan fingerprint density at radius 3 is 2.45 bits per heavy atom. The smallest absolute Gasteiger partial charge is 0.220 e. The number of rotatable bonds is 9. The van der Waals surface area contributed by atoms with E-state index in [0.717, 1.165) is 32.2 Å². The van der Waals surface area contributed by atoms with Gasteiger partial charge in [0.25, 0.3) is 0 Å². The van der Waals surface area contributed by atoms with E-state index in [0.29, 0.717) is 12.3 Å². The van der Waals surface area contributed by atoms with Crippen LogP contribution in [0.2, 0.25) is 0 Å². The third-order valence-corrected chi connectivity index (χ3v) is 4.70. The summed E-state index contributed by atoms with van der Waals surface area (Å²) in [5, 5.41) is 3.30. The maximum atomic E-state index is 12.3. The summed E-state index contributed by atoms with van der Waals surface area (Å²) >= 11 is 0. The number of carbonyl (C=O) groups is 1. The maximum absolute atomic E-state index is 12.3. The molecular formula is C19H30N2O. The van der Waals surface area contributed by atoms with Crippen molar-refractivity contribution < 1.29 is 4.79 Å². The van der Waals surface area contributed by atoms with E-state index < -0.39 is 0 Å². The highest BCUT2D eigenvalue weighted by atomic mass is 16.1. The van der Waals surface area contributed by atoms with Crippen LogP contribution in [0.15, 0.2) is 30.3 Å². The molecule has 122 valence electrons. The number of hydrogen-bond acceptors (Lipinski definition) is 2. The molecule has 0 heterocycles. The number of hydrogen-bond donors (Lipinski definition) is 2. The van der Waals surface area contributed by atoms with Crippen molar-refractivity contribution in [3.8, 4) is 0 Å². The molecule has 0 aromatic heterocycles. The molecule has 0 bridgehead atoms. The number of amides is 1. The lowest BCUT2D eigenvalue weighted by Gasteiger charge is -2.25. The molecule has 1 aliphatic carbocycles. The lowest BCUT2D eigenvalue weighted by Crippen LogP contribution is -2.32. The van der Waals surface area contributed by atoms with Gasteiger partial charge >= 0.3 is 0 Å². The van der Waals surface area contributed by atoms with Gasteiger partial charge in [-0.15, -0.1) is 0 Å². The van der Waals surface area contributed by atoms with Gasteiger partial charge in [0.2, 0.25) is 5.91 Å². The fraction of sp³-hybridized carbons (Fsp3) is 0.632. The van der Waals surface area contributed by atoms with Gasteiger partial charge in [-0.1, -0.05) is 56.0 Å². The predicted molar refractivity (Wildman–Crippen MR) is 91.4 cm³/mol. The molecule has 1 saturated carbocycles. The van der Waals surface area contributed by atoms with Crippen LogP contribution in [0, 0.1) is 5.92 Å². The molecular weight excluding hydrogens is 272 g/mol. The lowest BCUT2D eigenvalue weighted by molar-refractivity contribution is -0.122. The molecule has 3 heteroatoms. The maximum Gasteiger partial charge on any atom is 0.220 e. The van der Waals surface area contributed by atoms with E-state index >= 15 is 0 Å². The van der Waals surface area contributed by atoms with Crippen LogP contribution >= 0.6 is 0 Å². The third-order valence-electron chi connectivity index (χ3n) is 4.70. The highest BCUT2D eigenvalue weighted by molar-refractivity contribution is 5.76. The van der Waals surface area contributed by atoms with E-state index in [1.807, 2.05) is 6.07 Å². The number of benzene rings is 1. The molecule has 3 nitrogen and oxygen atoms in total. The average molecular weight is 302 g/mol. The molecule has 0 aliphatic heterocycles. The number of unbranched alkanes of at least 4 members (excludes halogenated alkanes) is 3. The van der Waals surface area contributed by atoms with Crippen LogP contribution in [0.5, 0.6) is 0 Å². The Morgan fingerprint density at radius 1 is 1.09 bits per heavy atom. The molecule has 1 atom stereocenters. The first-order valence-electron chi connectivity index (χ1n) is 8.85. The Kier molecular flexibility index (Phi) is 7.44. The summed E-state index contributed by atoms with van der Waals surface area (Å²) in [5.74, 6) is 0.803. The lowest BCUT2D eigenvalue weighted by atomic mass is 9.91. The zero-order valence-electron chi connectivity index (χ0n) is 13.6. The zero-order chi connectivity index (χ0) is 15.6. The second-order valence-electron chi connectivity index (χ2n) is 6.45. The van der Waals surface area contributed by atoms with Gasteiger partial charge in [0.05, 0.1) is 6.04 Å². The van der Waals surface area contributed by atoms with Crippen LogP contribution in [0.3, 0.4) is 0 Å². The zero-order valence-corrected chi connectivity index (χ0v) is 13.6. The first-order chi connectivity index (χ1) is 10.8. The minimum absolute atomic E-state index is 0.195. The summed E-state index contributed by atoms with van der Waals surface area (Å²) in [5.41, 5.74) is 6.75. The third kappa shape index (κ3) is 5.45. The van der Waals surface area contributed by atoms with Crippen LogP contribution < -0.4 is 11.1 Å². The minimum atomic E-state index is 0.195. The molecule has 1 aliphatic rings. The molecule has 1 aromatic rings. The highest BCUT2D eigenvalue weighted by Gasteiger charge is 2.27. The van der Waals surface area contributed by atoms with Crippen molar-refractivity contribution in [2.24, 2.45) is 11.7 Å². The largest absolute Gasteiger partial charge is 0.349 e. The number of carbonyl (C=O) groups excluding carboxylic acids is 1. The van der Waals surface area contributed by atoms with E-state index in [9.17, 15) is 4.79 Å². The summed E-state index contributed by atoms with van der Waals surface area (Å²) < 4.78 is 0. The van der Waals surface area contributed by atoms with Crippen LogP contribution in [-0.4, -0.2) is 12.5 Å². The van der Waals surface area contributed by atoms with Crippen molar-refractivity contribution in [1.29, 1.82) is 0 Å².